The molecule has 0 spiro atoms. The summed E-state index contributed by atoms with van der Waals surface area (Å²) < 4.78 is 6.85. The lowest BCUT2D eigenvalue weighted by atomic mass is 9.82. The van der Waals surface area contributed by atoms with Crippen LogP contribution in [0.1, 0.15) is 25.0 Å². The van der Waals surface area contributed by atoms with Gasteiger partial charge < -0.3 is 4.42 Å². The maximum atomic E-state index is 6.85. The minimum atomic E-state index is -0.174. The third-order valence-electron chi connectivity index (χ3n) is 15.3. The normalized spacial score (nSPS) is 13.0. The van der Waals surface area contributed by atoms with Gasteiger partial charge in [0.05, 0.1) is 11.2 Å². The SMILES string of the molecule is CC1(C)c2ccccc2-c2ccc(-c3nc(-c4ccccc4)nc(-c4cccc(-c5c6c(cc7c(-c8ccc9c%10ccccc%10c%10ccccc%10c9c8)nc8ccccc8c57)oc5ccccc56)c4)n3)cc21. The molecule has 0 unspecified atom stereocenters. The van der Waals surface area contributed by atoms with Crippen molar-refractivity contribution in [2.75, 3.05) is 0 Å². The van der Waals surface area contributed by atoms with Gasteiger partial charge in [-0.2, -0.15) is 0 Å². The van der Waals surface area contributed by atoms with E-state index in [1.165, 1.54) is 54.6 Å². The van der Waals surface area contributed by atoms with Crippen molar-refractivity contribution in [3.63, 3.8) is 0 Å². The van der Waals surface area contributed by atoms with E-state index in [0.717, 1.165) is 82.7 Å². The van der Waals surface area contributed by atoms with E-state index in [4.69, 9.17) is 24.4 Å². The van der Waals surface area contributed by atoms with Crippen LogP contribution in [0.4, 0.5) is 0 Å². The van der Waals surface area contributed by atoms with E-state index in [-0.39, 0.29) is 5.41 Å². The molecule has 72 heavy (non-hydrogen) atoms. The predicted octanol–water partition coefficient (Wildman–Crippen LogP) is 17.6. The van der Waals surface area contributed by atoms with Crippen LogP contribution in [0.2, 0.25) is 0 Å². The first-order valence-corrected chi connectivity index (χ1v) is 24.6. The molecule has 11 aromatic carbocycles. The lowest BCUT2D eigenvalue weighted by Gasteiger charge is -2.21. The molecule has 0 fully saturated rings. The highest BCUT2D eigenvalue weighted by Gasteiger charge is 2.35. The van der Waals surface area contributed by atoms with Crippen molar-refractivity contribution in [2.45, 2.75) is 19.3 Å². The van der Waals surface area contributed by atoms with Crippen molar-refractivity contribution in [3.05, 3.63) is 230 Å². The van der Waals surface area contributed by atoms with Gasteiger partial charge >= 0.3 is 0 Å². The highest BCUT2D eigenvalue weighted by atomic mass is 16.3. The summed E-state index contributed by atoms with van der Waals surface area (Å²) in [4.78, 5) is 21.3. The van der Waals surface area contributed by atoms with Crippen LogP contribution in [-0.4, -0.2) is 19.9 Å². The van der Waals surface area contributed by atoms with E-state index in [0.29, 0.717) is 17.5 Å². The Labute approximate surface area is 414 Å². The molecule has 0 atom stereocenters. The highest BCUT2D eigenvalue weighted by molar-refractivity contribution is 6.29. The second-order valence-corrected chi connectivity index (χ2v) is 19.7. The number of pyridine rings is 1. The standard InChI is InChI=1S/C67H42N4O/c1-67(2)55-28-13-10-25-49(55)50-34-32-43(37-56(50)67)66-70-64(39-17-4-3-5-18-39)69-65(71-66)42-20-16-19-40(35-42)60-61-51-26-11-14-29-57(51)68-63(54(61)38-59-62(60)52-27-12-15-30-58(52)72-59)41-31-33-48-46-23-7-6-21-44(46)45-22-8-9-24-47(45)53(48)36-41/h3-38H,1-2H3. The van der Waals surface area contributed by atoms with Crippen molar-refractivity contribution in [1.82, 2.24) is 19.9 Å². The molecule has 1 aliphatic rings. The fraction of sp³-hybridized carbons (Fsp3) is 0.0448. The molecule has 0 saturated carbocycles. The first-order chi connectivity index (χ1) is 35.4. The zero-order valence-corrected chi connectivity index (χ0v) is 39.5. The van der Waals surface area contributed by atoms with Crippen molar-refractivity contribution in [3.8, 4) is 67.7 Å². The number of fused-ring (bicyclic) bond motifs is 15. The van der Waals surface area contributed by atoms with Gasteiger partial charge in [0.25, 0.3) is 0 Å². The molecule has 14 aromatic rings. The number of furan rings is 1. The van der Waals surface area contributed by atoms with Gasteiger partial charge in [-0.3, -0.25) is 0 Å². The monoisotopic (exact) mass is 918 g/mol. The zero-order valence-electron chi connectivity index (χ0n) is 39.5. The summed E-state index contributed by atoms with van der Waals surface area (Å²) in [7, 11) is 0. The van der Waals surface area contributed by atoms with Crippen LogP contribution >= 0.6 is 0 Å². The molecule has 1 aliphatic carbocycles. The Morgan fingerprint density at radius 1 is 0.319 bits per heavy atom. The van der Waals surface area contributed by atoms with Gasteiger partial charge in [0.1, 0.15) is 11.2 Å². The van der Waals surface area contributed by atoms with E-state index < -0.39 is 0 Å². The Morgan fingerprint density at radius 2 is 0.875 bits per heavy atom. The van der Waals surface area contributed by atoms with E-state index in [2.05, 4.69) is 208 Å². The molecule has 336 valence electrons. The topological polar surface area (TPSA) is 64.7 Å². The summed E-state index contributed by atoms with van der Waals surface area (Å²) in [6.45, 7) is 4.62. The number of para-hydroxylation sites is 2. The number of aromatic nitrogens is 4. The number of hydrogen-bond donors (Lipinski definition) is 0. The number of benzene rings is 11. The molecule has 0 N–H and O–H groups in total. The fourth-order valence-corrected chi connectivity index (χ4v) is 11.9. The summed E-state index contributed by atoms with van der Waals surface area (Å²) in [5.41, 5.74) is 14.3. The van der Waals surface area contributed by atoms with Gasteiger partial charge in [0, 0.05) is 60.2 Å². The summed E-state index contributed by atoms with van der Waals surface area (Å²) in [5.74, 6) is 1.85. The molecule has 0 radical (unpaired) electrons. The Hall–Kier alpha value is -9.32. The Morgan fingerprint density at radius 3 is 1.64 bits per heavy atom. The van der Waals surface area contributed by atoms with E-state index >= 15 is 0 Å². The first-order valence-electron chi connectivity index (χ1n) is 24.6. The summed E-state index contributed by atoms with van der Waals surface area (Å²) in [6.07, 6.45) is 0. The maximum Gasteiger partial charge on any atom is 0.164 e. The molecule has 0 amide bonds. The summed E-state index contributed by atoms with van der Waals surface area (Å²) in [5, 5.41) is 12.7. The van der Waals surface area contributed by atoms with Crippen LogP contribution in [-0.2, 0) is 5.41 Å². The third-order valence-corrected chi connectivity index (χ3v) is 15.3. The Kier molecular flexibility index (Phi) is 8.64. The second-order valence-electron chi connectivity index (χ2n) is 19.7. The van der Waals surface area contributed by atoms with Crippen molar-refractivity contribution in [1.29, 1.82) is 0 Å². The van der Waals surface area contributed by atoms with Gasteiger partial charge in [0.15, 0.2) is 17.5 Å². The van der Waals surface area contributed by atoms with Crippen LogP contribution in [0.15, 0.2) is 223 Å². The Balaban J connectivity index is 0.977. The summed E-state index contributed by atoms with van der Waals surface area (Å²) in [6, 6.07) is 77.8. The quantitative estimate of drug-likeness (QED) is 0.161. The van der Waals surface area contributed by atoms with Crippen LogP contribution in [0.25, 0.3) is 144 Å². The molecule has 0 aliphatic heterocycles. The van der Waals surface area contributed by atoms with Crippen LogP contribution < -0.4 is 0 Å². The Bertz CT molecular complexity index is 4570. The molecule has 3 aromatic heterocycles. The third kappa shape index (κ3) is 6.01. The number of nitrogens with zero attached hydrogens (tertiary/aromatic N) is 4. The maximum absolute atomic E-state index is 6.85. The average Bonchev–Trinajstić information content (AvgIpc) is 3.93. The lowest BCUT2D eigenvalue weighted by molar-refractivity contribution is 0.660. The lowest BCUT2D eigenvalue weighted by Crippen LogP contribution is -2.15. The number of rotatable bonds is 5. The summed E-state index contributed by atoms with van der Waals surface area (Å²) >= 11 is 0. The minimum absolute atomic E-state index is 0.174. The molecular weight excluding hydrogens is 877 g/mol. The zero-order chi connectivity index (χ0) is 47.7. The van der Waals surface area contributed by atoms with Gasteiger partial charge in [-0.1, -0.05) is 196 Å². The van der Waals surface area contributed by atoms with E-state index in [1.807, 2.05) is 24.3 Å². The van der Waals surface area contributed by atoms with E-state index in [1.54, 1.807) is 0 Å². The van der Waals surface area contributed by atoms with Gasteiger partial charge in [-0.25, -0.2) is 19.9 Å². The van der Waals surface area contributed by atoms with Gasteiger partial charge in [-0.05, 0) is 96.5 Å². The van der Waals surface area contributed by atoms with E-state index in [9.17, 15) is 0 Å². The fourth-order valence-electron chi connectivity index (χ4n) is 11.9. The highest BCUT2D eigenvalue weighted by Crippen LogP contribution is 2.50. The molecule has 5 heteroatoms. The molecule has 0 bridgehead atoms. The smallest absolute Gasteiger partial charge is 0.164 e. The average molecular weight is 919 g/mol. The van der Waals surface area contributed by atoms with Crippen LogP contribution in [0.3, 0.4) is 0 Å². The number of hydrogen-bond acceptors (Lipinski definition) is 5. The predicted molar refractivity (Wildman–Crippen MR) is 297 cm³/mol. The van der Waals surface area contributed by atoms with Gasteiger partial charge in [-0.15, -0.1) is 0 Å². The molecule has 5 nitrogen and oxygen atoms in total. The second kappa shape index (κ2) is 15.3. The van der Waals surface area contributed by atoms with Crippen LogP contribution in [0.5, 0.6) is 0 Å². The van der Waals surface area contributed by atoms with Crippen molar-refractivity contribution in [2.24, 2.45) is 0 Å². The molecule has 0 saturated heterocycles. The van der Waals surface area contributed by atoms with Crippen LogP contribution in [0, 0.1) is 0 Å². The van der Waals surface area contributed by atoms with Crippen molar-refractivity contribution < 1.29 is 4.42 Å². The minimum Gasteiger partial charge on any atom is -0.456 e. The van der Waals surface area contributed by atoms with Gasteiger partial charge in [0.2, 0.25) is 0 Å². The molecular formula is C67H42N4O. The largest absolute Gasteiger partial charge is 0.456 e. The van der Waals surface area contributed by atoms with Crippen molar-refractivity contribution >= 4 is 75.9 Å². The molecule has 3 heterocycles. The first kappa shape index (κ1) is 40.6. The molecule has 15 rings (SSSR count).